The highest BCUT2D eigenvalue weighted by molar-refractivity contribution is 5.95. The Kier molecular flexibility index (Phi) is 6.51. The first-order valence-corrected chi connectivity index (χ1v) is 9.04. The molecule has 0 radical (unpaired) electrons. The number of carbonyl (C=O) groups excluding carboxylic acids is 2. The average Bonchev–Trinajstić information content (AvgIpc) is 2.69. The molecule has 1 aromatic heterocycles. The summed E-state index contributed by atoms with van der Waals surface area (Å²) in [6.45, 7) is 6.25. The second-order valence-corrected chi connectivity index (χ2v) is 6.40. The molecule has 0 aliphatic carbocycles. The van der Waals surface area contributed by atoms with E-state index in [4.69, 9.17) is 4.74 Å². The van der Waals surface area contributed by atoms with Crippen LogP contribution in [0.1, 0.15) is 27.6 Å². The molecule has 0 atom stereocenters. The Morgan fingerprint density at radius 3 is 2.67 bits per heavy atom. The quantitative estimate of drug-likeness (QED) is 0.728. The maximum absolute atomic E-state index is 12.2. The fourth-order valence-corrected chi connectivity index (χ4v) is 2.82. The number of nitrogens with zero attached hydrogens (tertiary/aromatic N) is 2. The standard InChI is InChI=1S/C20H24N4O3/c1-15(25)16-3-2-4-18(13-16)23-19-6-5-17(14-22-19)20(26)21-7-8-24-9-11-27-12-10-24/h2-6,13-14H,7-12H2,1H3,(H,21,26)(H,22,23). The highest BCUT2D eigenvalue weighted by atomic mass is 16.5. The molecule has 1 amide bonds. The molecule has 0 spiro atoms. The molecule has 2 N–H and O–H groups in total. The summed E-state index contributed by atoms with van der Waals surface area (Å²) < 4.78 is 5.31. The Morgan fingerprint density at radius 2 is 1.96 bits per heavy atom. The first kappa shape index (κ1) is 19.0. The van der Waals surface area contributed by atoms with Crippen LogP contribution in [-0.4, -0.2) is 61.0 Å². The lowest BCUT2D eigenvalue weighted by Gasteiger charge is -2.26. The van der Waals surface area contributed by atoms with E-state index in [2.05, 4.69) is 20.5 Å². The number of rotatable bonds is 7. The van der Waals surface area contributed by atoms with Crippen LogP contribution in [0.2, 0.25) is 0 Å². The number of ether oxygens (including phenoxy) is 1. The van der Waals surface area contributed by atoms with E-state index in [0.717, 1.165) is 38.5 Å². The number of nitrogens with one attached hydrogen (secondary N) is 2. The highest BCUT2D eigenvalue weighted by Crippen LogP contribution is 2.16. The van der Waals surface area contributed by atoms with E-state index in [1.54, 1.807) is 30.5 Å². The van der Waals surface area contributed by atoms with Gasteiger partial charge in [0.25, 0.3) is 5.91 Å². The SMILES string of the molecule is CC(=O)c1cccc(Nc2ccc(C(=O)NCCN3CCOCC3)cn2)c1. The summed E-state index contributed by atoms with van der Waals surface area (Å²) in [5.74, 6) is 0.483. The molecule has 1 aliphatic rings. The number of carbonyl (C=O) groups is 2. The van der Waals surface area contributed by atoms with E-state index in [-0.39, 0.29) is 11.7 Å². The highest BCUT2D eigenvalue weighted by Gasteiger charge is 2.11. The number of hydrogen-bond acceptors (Lipinski definition) is 6. The zero-order chi connectivity index (χ0) is 19.1. The number of anilines is 2. The molecule has 2 aromatic rings. The lowest BCUT2D eigenvalue weighted by Crippen LogP contribution is -2.41. The van der Waals surface area contributed by atoms with Gasteiger partial charge < -0.3 is 15.4 Å². The van der Waals surface area contributed by atoms with Crippen molar-refractivity contribution in [2.45, 2.75) is 6.92 Å². The molecule has 2 heterocycles. The number of amides is 1. The third-order valence-electron chi connectivity index (χ3n) is 4.38. The number of hydrogen-bond donors (Lipinski definition) is 2. The molecule has 0 bridgehead atoms. The smallest absolute Gasteiger partial charge is 0.252 e. The van der Waals surface area contributed by atoms with E-state index in [1.165, 1.54) is 6.92 Å². The van der Waals surface area contributed by atoms with Crippen LogP contribution in [0.3, 0.4) is 0 Å². The van der Waals surface area contributed by atoms with Crippen LogP contribution in [-0.2, 0) is 4.74 Å². The van der Waals surface area contributed by atoms with Crippen LogP contribution in [0, 0.1) is 0 Å². The van der Waals surface area contributed by atoms with Crippen molar-refractivity contribution in [3.8, 4) is 0 Å². The summed E-state index contributed by atoms with van der Waals surface area (Å²) in [7, 11) is 0. The van der Waals surface area contributed by atoms with Gasteiger partial charge in [0.05, 0.1) is 18.8 Å². The third-order valence-corrected chi connectivity index (χ3v) is 4.38. The second-order valence-electron chi connectivity index (χ2n) is 6.40. The topological polar surface area (TPSA) is 83.6 Å². The van der Waals surface area contributed by atoms with Crippen molar-refractivity contribution in [3.05, 3.63) is 53.7 Å². The Bertz CT molecular complexity index is 786. The number of ketones is 1. The Hall–Kier alpha value is -2.77. The maximum atomic E-state index is 12.2. The van der Waals surface area contributed by atoms with Crippen molar-refractivity contribution in [2.24, 2.45) is 0 Å². The van der Waals surface area contributed by atoms with Gasteiger partial charge in [0, 0.05) is 43.6 Å². The lowest BCUT2D eigenvalue weighted by molar-refractivity contribution is 0.0383. The molecule has 142 valence electrons. The van der Waals surface area contributed by atoms with E-state index in [1.807, 2.05) is 12.1 Å². The van der Waals surface area contributed by atoms with Crippen molar-refractivity contribution in [2.75, 3.05) is 44.7 Å². The molecule has 0 saturated carbocycles. The Morgan fingerprint density at radius 1 is 1.15 bits per heavy atom. The minimum absolute atomic E-state index is 0.00991. The summed E-state index contributed by atoms with van der Waals surface area (Å²) in [5.41, 5.74) is 1.93. The van der Waals surface area contributed by atoms with Gasteiger partial charge >= 0.3 is 0 Å². The van der Waals surface area contributed by atoms with Gasteiger partial charge in [-0.05, 0) is 31.2 Å². The number of pyridine rings is 1. The number of morpholine rings is 1. The van der Waals surface area contributed by atoms with Gasteiger partial charge in [0.2, 0.25) is 0 Å². The van der Waals surface area contributed by atoms with Crippen molar-refractivity contribution >= 4 is 23.2 Å². The fourth-order valence-electron chi connectivity index (χ4n) is 2.82. The Labute approximate surface area is 158 Å². The van der Waals surface area contributed by atoms with Crippen LogP contribution >= 0.6 is 0 Å². The van der Waals surface area contributed by atoms with E-state index in [9.17, 15) is 9.59 Å². The molecular weight excluding hydrogens is 344 g/mol. The first-order chi connectivity index (χ1) is 13.1. The molecular formula is C20H24N4O3. The summed E-state index contributed by atoms with van der Waals surface area (Å²) in [4.78, 5) is 30.2. The van der Waals surface area contributed by atoms with Crippen molar-refractivity contribution < 1.29 is 14.3 Å². The van der Waals surface area contributed by atoms with Gasteiger partial charge in [0.1, 0.15) is 5.82 Å². The number of aromatic nitrogens is 1. The van der Waals surface area contributed by atoms with Gasteiger partial charge in [-0.2, -0.15) is 0 Å². The molecule has 0 unspecified atom stereocenters. The Balaban J connectivity index is 1.51. The fraction of sp³-hybridized carbons (Fsp3) is 0.350. The van der Waals surface area contributed by atoms with Crippen LogP contribution in [0.5, 0.6) is 0 Å². The molecule has 27 heavy (non-hydrogen) atoms. The normalized spacial score (nSPS) is 14.6. The summed E-state index contributed by atoms with van der Waals surface area (Å²) in [6.07, 6.45) is 1.54. The predicted molar refractivity (Wildman–Crippen MR) is 104 cm³/mol. The number of benzene rings is 1. The average molecular weight is 368 g/mol. The van der Waals surface area contributed by atoms with Gasteiger partial charge in [0.15, 0.2) is 5.78 Å². The molecule has 7 heteroatoms. The van der Waals surface area contributed by atoms with E-state index < -0.39 is 0 Å². The lowest BCUT2D eigenvalue weighted by atomic mass is 10.1. The summed E-state index contributed by atoms with van der Waals surface area (Å²) in [6, 6.07) is 10.7. The van der Waals surface area contributed by atoms with Crippen LogP contribution in [0.25, 0.3) is 0 Å². The first-order valence-electron chi connectivity index (χ1n) is 9.04. The van der Waals surface area contributed by atoms with Gasteiger partial charge in [-0.3, -0.25) is 14.5 Å². The van der Waals surface area contributed by atoms with Crippen LogP contribution < -0.4 is 10.6 Å². The molecule has 1 aromatic carbocycles. The molecule has 1 saturated heterocycles. The van der Waals surface area contributed by atoms with Crippen molar-refractivity contribution in [3.63, 3.8) is 0 Å². The maximum Gasteiger partial charge on any atom is 0.252 e. The zero-order valence-corrected chi connectivity index (χ0v) is 15.4. The predicted octanol–water partition coefficient (Wildman–Crippen LogP) is 2.09. The second kappa shape index (κ2) is 9.25. The largest absolute Gasteiger partial charge is 0.379 e. The van der Waals surface area contributed by atoms with Crippen molar-refractivity contribution in [1.29, 1.82) is 0 Å². The zero-order valence-electron chi connectivity index (χ0n) is 15.4. The van der Waals surface area contributed by atoms with Crippen molar-refractivity contribution in [1.82, 2.24) is 15.2 Å². The van der Waals surface area contributed by atoms with Crippen LogP contribution in [0.15, 0.2) is 42.6 Å². The van der Waals surface area contributed by atoms with E-state index in [0.29, 0.717) is 23.5 Å². The van der Waals surface area contributed by atoms with Gasteiger partial charge in [-0.1, -0.05) is 12.1 Å². The minimum Gasteiger partial charge on any atom is -0.379 e. The van der Waals surface area contributed by atoms with E-state index >= 15 is 0 Å². The monoisotopic (exact) mass is 368 g/mol. The third kappa shape index (κ3) is 5.60. The molecule has 3 rings (SSSR count). The van der Waals surface area contributed by atoms with Gasteiger partial charge in [-0.25, -0.2) is 4.98 Å². The molecule has 7 nitrogen and oxygen atoms in total. The molecule has 1 aliphatic heterocycles. The number of Topliss-reactive ketones (excluding diaryl/α,β-unsaturated/α-hetero) is 1. The molecule has 1 fully saturated rings. The van der Waals surface area contributed by atoms with Crippen LogP contribution in [0.4, 0.5) is 11.5 Å². The minimum atomic E-state index is -0.138. The summed E-state index contributed by atoms with van der Waals surface area (Å²) >= 11 is 0. The van der Waals surface area contributed by atoms with Gasteiger partial charge in [-0.15, -0.1) is 0 Å². The summed E-state index contributed by atoms with van der Waals surface area (Å²) in [5, 5.41) is 6.05.